The number of aromatic amines is 1. The standard InChI is InChI=1S/C11H10ClNO2/c12-7-1-2-10-8(5-7)9(6-13-10)11-14-3-4-15-11/h1-2,5-6,11,13H,3-4H2. The number of hydrogen-bond donors (Lipinski definition) is 1. The van der Waals surface area contributed by atoms with E-state index in [1.165, 1.54) is 0 Å². The fourth-order valence-electron chi connectivity index (χ4n) is 1.85. The van der Waals surface area contributed by atoms with Gasteiger partial charge in [0.2, 0.25) is 0 Å². The normalized spacial score (nSPS) is 17.7. The van der Waals surface area contributed by atoms with Crippen molar-refractivity contribution in [1.29, 1.82) is 0 Å². The molecule has 78 valence electrons. The molecule has 1 fully saturated rings. The predicted octanol–water partition coefficient (Wildman–Crippen LogP) is 2.87. The molecule has 2 heterocycles. The summed E-state index contributed by atoms with van der Waals surface area (Å²) in [6, 6.07) is 5.74. The molecule has 3 rings (SSSR count). The molecule has 3 nitrogen and oxygen atoms in total. The van der Waals surface area contributed by atoms with Gasteiger partial charge < -0.3 is 14.5 Å². The van der Waals surface area contributed by atoms with Crippen molar-refractivity contribution in [2.75, 3.05) is 13.2 Å². The third-order valence-electron chi connectivity index (χ3n) is 2.55. The van der Waals surface area contributed by atoms with Crippen LogP contribution < -0.4 is 0 Å². The van der Waals surface area contributed by atoms with Gasteiger partial charge in [0, 0.05) is 27.7 Å². The Morgan fingerprint density at radius 3 is 2.87 bits per heavy atom. The molecule has 15 heavy (non-hydrogen) atoms. The minimum atomic E-state index is -0.253. The SMILES string of the molecule is Clc1ccc2[nH]cc(C3OCCO3)c2c1. The molecule has 4 heteroatoms. The van der Waals surface area contributed by atoms with Crippen LogP contribution in [0.4, 0.5) is 0 Å². The van der Waals surface area contributed by atoms with E-state index in [1.54, 1.807) is 0 Å². The maximum atomic E-state index is 5.96. The molecule has 0 spiro atoms. The minimum absolute atomic E-state index is 0.253. The fourth-order valence-corrected chi connectivity index (χ4v) is 2.02. The van der Waals surface area contributed by atoms with Crippen molar-refractivity contribution in [3.63, 3.8) is 0 Å². The highest BCUT2D eigenvalue weighted by Crippen LogP contribution is 2.31. The van der Waals surface area contributed by atoms with Crippen LogP contribution in [0.25, 0.3) is 10.9 Å². The predicted molar refractivity (Wildman–Crippen MR) is 58.0 cm³/mol. The number of nitrogens with one attached hydrogen (secondary N) is 1. The summed E-state index contributed by atoms with van der Waals surface area (Å²) in [6.07, 6.45) is 1.66. The van der Waals surface area contributed by atoms with E-state index in [1.807, 2.05) is 24.4 Å². The first-order chi connectivity index (χ1) is 7.34. The molecule has 2 aromatic rings. The van der Waals surface area contributed by atoms with Crippen molar-refractivity contribution in [3.8, 4) is 0 Å². The van der Waals surface area contributed by atoms with Crippen LogP contribution in [0.5, 0.6) is 0 Å². The number of benzene rings is 1. The fraction of sp³-hybridized carbons (Fsp3) is 0.273. The van der Waals surface area contributed by atoms with E-state index in [-0.39, 0.29) is 6.29 Å². The molecule has 0 radical (unpaired) electrons. The van der Waals surface area contributed by atoms with Gasteiger partial charge in [-0.3, -0.25) is 0 Å². The molecule has 1 N–H and O–H groups in total. The lowest BCUT2D eigenvalue weighted by atomic mass is 10.2. The maximum absolute atomic E-state index is 5.96. The van der Waals surface area contributed by atoms with E-state index in [4.69, 9.17) is 21.1 Å². The molecule has 0 aliphatic carbocycles. The zero-order chi connectivity index (χ0) is 10.3. The lowest BCUT2D eigenvalue weighted by molar-refractivity contribution is -0.0429. The molecule has 1 aliphatic heterocycles. The van der Waals surface area contributed by atoms with Gasteiger partial charge in [0.05, 0.1) is 13.2 Å². The lowest BCUT2D eigenvalue weighted by Gasteiger charge is -2.07. The van der Waals surface area contributed by atoms with Crippen LogP contribution in [0.15, 0.2) is 24.4 Å². The molecule has 1 aliphatic rings. The third kappa shape index (κ3) is 1.53. The third-order valence-corrected chi connectivity index (χ3v) is 2.79. The Kier molecular flexibility index (Phi) is 2.16. The minimum Gasteiger partial charge on any atom is -0.361 e. The van der Waals surface area contributed by atoms with Gasteiger partial charge >= 0.3 is 0 Å². The maximum Gasteiger partial charge on any atom is 0.186 e. The van der Waals surface area contributed by atoms with Crippen molar-refractivity contribution in [2.45, 2.75) is 6.29 Å². The van der Waals surface area contributed by atoms with Crippen LogP contribution in [0, 0.1) is 0 Å². The highest BCUT2D eigenvalue weighted by molar-refractivity contribution is 6.31. The van der Waals surface area contributed by atoms with Crippen molar-refractivity contribution in [2.24, 2.45) is 0 Å². The number of ether oxygens (including phenoxy) is 2. The smallest absolute Gasteiger partial charge is 0.186 e. The van der Waals surface area contributed by atoms with Crippen LogP contribution >= 0.6 is 11.6 Å². The summed E-state index contributed by atoms with van der Waals surface area (Å²) in [7, 11) is 0. The second kappa shape index (κ2) is 3.52. The Balaban J connectivity index is 2.13. The van der Waals surface area contributed by atoms with Crippen LogP contribution in [0.2, 0.25) is 5.02 Å². The zero-order valence-electron chi connectivity index (χ0n) is 8.00. The molecule has 1 saturated heterocycles. The van der Waals surface area contributed by atoms with Crippen molar-refractivity contribution < 1.29 is 9.47 Å². The average Bonchev–Trinajstić information content (AvgIpc) is 2.83. The molecule has 0 saturated carbocycles. The van der Waals surface area contributed by atoms with E-state index in [9.17, 15) is 0 Å². The number of halogens is 1. The Labute approximate surface area is 91.9 Å². The van der Waals surface area contributed by atoms with Gasteiger partial charge in [-0.2, -0.15) is 0 Å². The Morgan fingerprint density at radius 2 is 2.07 bits per heavy atom. The number of fused-ring (bicyclic) bond motifs is 1. The van der Waals surface area contributed by atoms with E-state index in [0.29, 0.717) is 13.2 Å². The van der Waals surface area contributed by atoms with Crippen LogP contribution in [0.1, 0.15) is 11.9 Å². The Bertz CT molecular complexity index is 488. The van der Waals surface area contributed by atoms with Gasteiger partial charge in [-0.15, -0.1) is 0 Å². The van der Waals surface area contributed by atoms with E-state index < -0.39 is 0 Å². The van der Waals surface area contributed by atoms with Crippen molar-refractivity contribution >= 4 is 22.5 Å². The first-order valence-corrected chi connectivity index (χ1v) is 5.22. The summed E-state index contributed by atoms with van der Waals surface area (Å²) in [6.45, 7) is 1.30. The average molecular weight is 224 g/mol. The second-order valence-corrected chi connectivity index (χ2v) is 3.94. The monoisotopic (exact) mass is 223 g/mol. The van der Waals surface area contributed by atoms with E-state index in [2.05, 4.69) is 4.98 Å². The van der Waals surface area contributed by atoms with Crippen molar-refractivity contribution in [1.82, 2.24) is 4.98 Å². The second-order valence-electron chi connectivity index (χ2n) is 3.51. The van der Waals surface area contributed by atoms with Gasteiger partial charge in [0.25, 0.3) is 0 Å². The molecule has 1 aromatic heterocycles. The van der Waals surface area contributed by atoms with Gasteiger partial charge in [0.1, 0.15) is 0 Å². The number of hydrogen-bond acceptors (Lipinski definition) is 2. The van der Waals surface area contributed by atoms with E-state index in [0.717, 1.165) is 21.5 Å². The van der Waals surface area contributed by atoms with Crippen LogP contribution in [-0.2, 0) is 9.47 Å². The highest BCUT2D eigenvalue weighted by Gasteiger charge is 2.21. The first-order valence-electron chi connectivity index (χ1n) is 4.84. The summed E-state index contributed by atoms with van der Waals surface area (Å²) in [5.74, 6) is 0. The topological polar surface area (TPSA) is 34.2 Å². The van der Waals surface area contributed by atoms with Gasteiger partial charge in [-0.25, -0.2) is 0 Å². The van der Waals surface area contributed by atoms with Gasteiger partial charge in [-0.1, -0.05) is 11.6 Å². The molecule has 0 unspecified atom stereocenters. The Hall–Kier alpha value is -1.03. The van der Waals surface area contributed by atoms with Crippen LogP contribution in [0.3, 0.4) is 0 Å². The first kappa shape index (κ1) is 9.21. The number of aromatic nitrogens is 1. The Morgan fingerprint density at radius 1 is 1.27 bits per heavy atom. The quantitative estimate of drug-likeness (QED) is 0.807. The molecule has 0 atom stereocenters. The van der Waals surface area contributed by atoms with Gasteiger partial charge in [0.15, 0.2) is 6.29 Å². The lowest BCUT2D eigenvalue weighted by Crippen LogP contribution is -1.96. The summed E-state index contributed by atoms with van der Waals surface area (Å²) in [5, 5.41) is 1.79. The van der Waals surface area contributed by atoms with Crippen LogP contribution in [-0.4, -0.2) is 18.2 Å². The number of rotatable bonds is 1. The summed E-state index contributed by atoms with van der Waals surface area (Å²) < 4.78 is 10.9. The molecule has 1 aromatic carbocycles. The summed E-state index contributed by atoms with van der Waals surface area (Å²) >= 11 is 5.96. The van der Waals surface area contributed by atoms with E-state index >= 15 is 0 Å². The molecular formula is C11H10ClNO2. The molecule has 0 amide bonds. The molecular weight excluding hydrogens is 214 g/mol. The summed E-state index contributed by atoms with van der Waals surface area (Å²) in [4.78, 5) is 3.17. The van der Waals surface area contributed by atoms with Gasteiger partial charge in [-0.05, 0) is 18.2 Å². The zero-order valence-corrected chi connectivity index (χ0v) is 8.75. The largest absolute Gasteiger partial charge is 0.361 e. The summed E-state index contributed by atoms with van der Waals surface area (Å²) in [5.41, 5.74) is 2.07. The number of H-pyrrole nitrogens is 1. The van der Waals surface area contributed by atoms with Crippen molar-refractivity contribution in [3.05, 3.63) is 35.0 Å². The molecule has 0 bridgehead atoms. The highest BCUT2D eigenvalue weighted by atomic mass is 35.5.